The van der Waals surface area contributed by atoms with E-state index >= 15 is 0 Å². The Hall–Kier alpha value is -4.19. The largest absolute Gasteiger partial charge is 0.401 e. The number of anilines is 2. The van der Waals surface area contributed by atoms with E-state index in [9.17, 15) is 18.0 Å². The highest BCUT2D eigenvalue weighted by Gasteiger charge is 2.26. The molecule has 0 aliphatic carbocycles. The molecule has 0 radical (unpaired) electrons. The molecule has 0 saturated carbocycles. The van der Waals surface area contributed by atoms with E-state index in [1.54, 1.807) is 24.7 Å². The summed E-state index contributed by atoms with van der Waals surface area (Å²) in [6.45, 7) is 0.401. The topological polar surface area (TPSA) is 99.5 Å². The van der Waals surface area contributed by atoms with Crippen LogP contribution in [0.4, 0.5) is 24.8 Å². The van der Waals surface area contributed by atoms with Gasteiger partial charge in [-0.2, -0.15) is 13.2 Å². The van der Waals surface area contributed by atoms with Gasteiger partial charge in [0.1, 0.15) is 5.65 Å². The first kappa shape index (κ1) is 23.5. The molecule has 3 N–H and O–H groups in total. The molecule has 4 aromatic rings. The highest BCUT2D eigenvalue weighted by atomic mass is 19.4. The first-order valence-corrected chi connectivity index (χ1v) is 11.3. The van der Waals surface area contributed by atoms with Gasteiger partial charge in [0.2, 0.25) is 11.9 Å². The highest BCUT2D eigenvalue weighted by Crippen LogP contribution is 2.27. The van der Waals surface area contributed by atoms with E-state index in [1.807, 2.05) is 45.8 Å². The standard InChI is InChI=1S/C24H23F3N8O/c25-24(26,27)14-28-15-33-19-3-1-2-17(8-19)20-12-30-21-9-16(4-6-35(20)21)18-10-31-23(32-11-18)34-7-5-29-22(36)13-34/h1-4,6,8-12,28,33H,5,7,13-15H2,(H,29,36). The predicted octanol–water partition coefficient (Wildman–Crippen LogP) is 2.92. The monoisotopic (exact) mass is 496 g/mol. The summed E-state index contributed by atoms with van der Waals surface area (Å²) in [5.41, 5.74) is 4.85. The zero-order chi connectivity index (χ0) is 25.1. The molecule has 1 aliphatic heterocycles. The number of alkyl halides is 3. The summed E-state index contributed by atoms with van der Waals surface area (Å²) in [7, 11) is 0. The van der Waals surface area contributed by atoms with Gasteiger partial charge in [-0.1, -0.05) is 12.1 Å². The maximum atomic E-state index is 12.3. The van der Waals surface area contributed by atoms with E-state index in [-0.39, 0.29) is 19.1 Å². The summed E-state index contributed by atoms with van der Waals surface area (Å²) in [5.74, 6) is 0.466. The number of rotatable bonds is 7. The van der Waals surface area contributed by atoms with Crippen molar-refractivity contribution in [3.63, 3.8) is 0 Å². The molecule has 5 rings (SSSR count). The fraction of sp³-hybridized carbons (Fsp3) is 0.250. The average Bonchev–Trinajstić information content (AvgIpc) is 3.30. The van der Waals surface area contributed by atoms with Gasteiger partial charge < -0.3 is 15.5 Å². The summed E-state index contributed by atoms with van der Waals surface area (Å²) in [6.07, 6.45) is 2.86. The van der Waals surface area contributed by atoms with Crippen molar-refractivity contribution in [2.45, 2.75) is 6.18 Å². The molecule has 1 aliphatic rings. The molecule has 1 saturated heterocycles. The van der Waals surface area contributed by atoms with Crippen molar-refractivity contribution in [1.29, 1.82) is 0 Å². The molecular formula is C24H23F3N8O. The quantitative estimate of drug-likeness (QED) is 0.267. The van der Waals surface area contributed by atoms with Crippen LogP contribution in [0.5, 0.6) is 0 Å². The molecular weight excluding hydrogens is 473 g/mol. The third-order valence-corrected chi connectivity index (χ3v) is 5.71. The maximum absolute atomic E-state index is 12.3. The SMILES string of the molecule is O=C1CN(c2ncc(-c3ccn4c(-c5cccc(NCNCC(F)(F)F)c5)cnc4c3)cn2)CCN1. The van der Waals surface area contributed by atoms with Gasteiger partial charge in [0.15, 0.2) is 0 Å². The number of aromatic nitrogens is 4. The van der Waals surface area contributed by atoms with Crippen LogP contribution in [0.2, 0.25) is 0 Å². The zero-order valence-corrected chi connectivity index (χ0v) is 19.1. The van der Waals surface area contributed by atoms with Gasteiger partial charge in [-0.3, -0.25) is 14.5 Å². The van der Waals surface area contributed by atoms with Crippen LogP contribution in [0.1, 0.15) is 0 Å². The Labute approximate surface area is 204 Å². The molecule has 36 heavy (non-hydrogen) atoms. The molecule has 0 spiro atoms. The van der Waals surface area contributed by atoms with Gasteiger partial charge in [-0.05, 0) is 29.8 Å². The van der Waals surface area contributed by atoms with Crippen LogP contribution in [-0.2, 0) is 4.79 Å². The third-order valence-electron chi connectivity index (χ3n) is 5.71. The smallest absolute Gasteiger partial charge is 0.372 e. The van der Waals surface area contributed by atoms with Crippen molar-refractivity contribution in [3.8, 4) is 22.4 Å². The first-order chi connectivity index (χ1) is 17.4. The fourth-order valence-corrected chi connectivity index (χ4v) is 3.97. The van der Waals surface area contributed by atoms with Crippen molar-refractivity contribution in [2.75, 3.05) is 43.1 Å². The number of nitrogens with one attached hydrogen (secondary N) is 3. The van der Waals surface area contributed by atoms with Crippen LogP contribution in [0, 0.1) is 0 Å². The van der Waals surface area contributed by atoms with Gasteiger partial charge in [0.05, 0.1) is 31.6 Å². The van der Waals surface area contributed by atoms with Gasteiger partial charge in [-0.25, -0.2) is 15.0 Å². The molecule has 1 amide bonds. The lowest BCUT2D eigenvalue weighted by molar-refractivity contribution is -0.124. The number of halogens is 3. The van der Waals surface area contributed by atoms with Gasteiger partial charge in [-0.15, -0.1) is 0 Å². The van der Waals surface area contributed by atoms with Crippen LogP contribution in [0.25, 0.3) is 28.0 Å². The van der Waals surface area contributed by atoms with E-state index in [1.165, 1.54) is 0 Å². The van der Waals surface area contributed by atoms with Crippen molar-refractivity contribution in [1.82, 2.24) is 30.0 Å². The van der Waals surface area contributed by atoms with Crippen molar-refractivity contribution in [3.05, 3.63) is 61.2 Å². The number of carbonyl (C=O) groups excluding carboxylic acids is 1. The number of fused-ring (bicyclic) bond motifs is 1. The molecule has 3 aromatic heterocycles. The van der Waals surface area contributed by atoms with Gasteiger partial charge in [0, 0.05) is 48.5 Å². The first-order valence-electron chi connectivity index (χ1n) is 11.3. The molecule has 0 unspecified atom stereocenters. The Balaban J connectivity index is 1.31. The van der Waals surface area contributed by atoms with Crippen LogP contribution < -0.4 is 20.9 Å². The molecule has 12 heteroatoms. The lowest BCUT2D eigenvalue weighted by Crippen LogP contribution is -2.48. The van der Waals surface area contributed by atoms with E-state index < -0.39 is 12.7 Å². The minimum Gasteiger partial charge on any atom is -0.372 e. The minimum atomic E-state index is -4.25. The lowest BCUT2D eigenvalue weighted by atomic mass is 10.1. The number of imidazole rings is 1. The Kier molecular flexibility index (Phi) is 6.42. The number of pyridine rings is 1. The van der Waals surface area contributed by atoms with Crippen molar-refractivity contribution < 1.29 is 18.0 Å². The van der Waals surface area contributed by atoms with Crippen LogP contribution in [-0.4, -0.2) is 64.3 Å². The Morgan fingerprint density at radius 3 is 2.61 bits per heavy atom. The van der Waals surface area contributed by atoms with Crippen molar-refractivity contribution in [2.24, 2.45) is 0 Å². The summed E-state index contributed by atoms with van der Waals surface area (Å²) >= 11 is 0. The highest BCUT2D eigenvalue weighted by molar-refractivity contribution is 5.82. The summed E-state index contributed by atoms with van der Waals surface area (Å²) in [6, 6.07) is 11.3. The average molecular weight is 496 g/mol. The Bertz CT molecular complexity index is 1370. The summed E-state index contributed by atoms with van der Waals surface area (Å²) in [4.78, 5) is 26.8. The van der Waals surface area contributed by atoms with Crippen LogP contribution >= 0.6 is 0 Å². The minimum absolute atomic E-state index is 0.00864. The molecule has 186 valence electrons. The number of hydrogen-bond acceptors (Lipinski definition) is 7. The molecule has 1 fully saturated rings. The fourth-order valence-electron chi connectivity index (χ4n) is 3.97. The Morgan fingerprint density at radius 1 is 1.00 bits per heavy atom. The summed E-state index contributed by atoms with van der Waals surface area (Å²) < 4.78 is 38.8. The number of carbonyl (C=O) groups is 1. The molecule has 4 heterocycles. The number of hydrogen-bond donors (Lipinski definition) is 3. The number of amides is 1. The number of nitrogens with zero attached hydrogens (tertiary/aromatic N) is 5. The van der Waals surface area contributed by atoms with Gasteiger partial charge in [0.25, 0.3) is 0 Å². The normalized spacial score (nSPS) is 14.2. The van der Waals surface area contributed by atoms with Crippen LogP contribution in [0.3, 0.4) is 0 Å². The van der Waals surface area contributed by atoms with Crippen LogP contribution in [0.15, 0.2) is 61.2 Å². The number of piperazine rings is 1. The summed E-state index contributed by atoms with van der Waals surface area (Å²) in [5, 5.41) is 8.05. The van der Waals surface area contributed by atoms with E-state index in [2.05, 4.69) is 30.9 Å². The molecule has 0 atom stereocenters. The second-order valence-corrected chi connectivity index (χ2v) is 8.31. The zero-order valence-electron chi connectivity index (χ0n) is 19.1. The Morgan fingerprint density at radius 2 is 1.83 bits per heavy atom. The second-order valence-electron chi connectivity index (χ2n) is 8.31. The predicted molar refractivity (Wildman–Crippen MR) is 129 cm³/mol. The number of benzene rings is 1. The van der Waals surface area contributed by atoms with Crippen molar-refractivity contribution >= 4 is 23.2 Å². The maximum Gasteiger partial charge on any atom is 0.401 e. The van der Waals surface area contributed by atoms with E-state index in [0.29, 0.717) is 24.7 Å². The molecule has 9 nitrogen and oxygen atoms in total. The molecule has 0 bridgehead atoms. The third kappa shape index (κ3) is 5.38. The van der Waals surface area contributed by atoms with E-state index in [0.717, 1.165) is 28.0 Å². The lowest BCUT2D eigenvalue weighted by Gasteiger charge is -2.26. The van der Waals surface area contributed by atoms with Gasteiger partial charge >= 0.3 is 6.18 Å². The second kappa shape index (κ2) is 9.82. The molecule has 1 aromatic carbocycles. The van der Waals surface area contributed by atoms with E-state index in [4.69, 9.17) is 0 Å².